The number of aliphatic hydroxyl groups excluding tert-OH is 1. The molecular formula is C26H25ClF4N4O6. The lowest BCUT2D eigenvalue weighted by molar-refractivity contribution is -0.189. The zero-order valence-electron chi connectivity index (χ0n) is 22.0. The van der Waals surface area contributed by atoms with Gasteiger partial charge in [0, 0.05) is 25.9 Å². The molecule has 1 atom stereocenters. The van der Waals surface area contributed by atoms with Crippen LogP contribution in [0.4, 0.5) is 17.6 Å². The van der Waals surface area contributed by atoms with Crippen LogP contribution in [0.3, 0.4) is 0 Å². The number of ether oxygens (including phenoxy) is 4. The van der Waals surface area contributed by atoms with Crippen molar-refractivity contribution in [3.8, 4) is 28.8 Å². The third-order valence-corrected chi connectivity index (χ3v) is 6.30. The summed E-state index contributed by atoms with van der Waals surface area (Å²) in [6.07, 6.45) is -5.76. The molecule has 220 valence electrons. The molecule has 2 aromatic heterocycles. The largest absolute Gasteiger partial charge is 0.489 e. The molecule has 0 aliphatic heterocycles. The Morgan fingerprint density at radius 3 is 2.54 bits per heavy atom. The van der Waals surface area contributed by atoms with Gasteiger partial charge in [-0.15, -0.1) is 5.10 Å². The van der Waals surface area contributed by atoms with E-state index in [-0.39, 0.29) is 64.4 Å². The molecule has 0 unspecified atom stereocenters. The minimum absolute atomic E-state index is 0.0451. The fraction of sp³-hybridized carbons (Fsp3) is 0.346. The van der Waals surface area contributed by atoms with E-state index in [0.717, 1.165) is 23.7 Å². The van der Waals surface area contributed by atoms with Crippen molar-refractivity contribution in [2.75, 3.05) is 20.3 Å². The van der Waals surface area contributed by atoms with Gasteiger partial charge in [-0.05, 0) is 43.5 Å². The second-order valence-electron chi connectivity index (χ2n) is 8.60. The number of hydrogen-bond acceptors (Lipinski definition) is 8. The van der Waals surface area contributed by atoms with E-state index in [1.807, 2.05) is 0 Å². The van der Waals surface area contributed by atoms with E-state index in [4.69, 9.17) is 30.5 Å². The maximum Gasteiger partial charge on any atom is 0.425 e. The van der Waals surface area contributed by atoms with Crippen LogP contribution in [-0.2, 0) is 17.9 Å². The Balaban J connectivity index is 1.89. The van der Waals surface area contributed by atoms with Gasteiger partial charge in [-0.3, -0.25) is 4.57 Å². The second kappa shape index (κ2) is 12.3. The molecule has 0 saturated carbocycles. The Morgan fingerprint density at radius 2 is 1.90 bits per heavy atom. The van der Waals surface area contributed by atoms with Crippen LogP contribution in [0.2, 0.25) is 5.02 Å². The maximum atomic E-state index is 14.8. The van der Waals surface area contributed by atoms with Crippen molar-refractivity contribution in [3.05, 3.63) is 63.7 Å². The zero-order chi connectivity index (χ0) is 29.9. The fourth-order valence-corrected chi connectivity index (χ4v) is 4.12. The van der Waals surface area contributed by atoms with Crippen LogP contribution < -0.4 is 19.9 Å². The first-order chi connectivity index (χ1) is 19.5. The Kier molecular flexibility index (Phi) is 9.05. The molecule has 4 rings (SSSR count). The first-order valence-electron chi connectivity index (χ1n) is 12.2. The lowest BCUT2D eigenvalue weighted by Crippen LogP contribution is -2.31. The number of rotatable bonds is 11. The van der Waals surface area contributed by atoms with Crippen molar-refractivity contribution in [3.63, 3.8) is 0 Å². The normalized spacial score (nSPS) is 12.5. The van der Waals surface area contributed by atoms with Crippen LogP contribution in [0.25, 0.3) is 16.5 Å². The van der Waals surface area contributed by atoms with Gasteiger partial charge in [0.25, 0.3) is 0 Å². The molecule has 0 radical (unpaired) electrons. The topological polar surface area (TPSA) is 110 Å². The Morgan fingerprint density at radius 1 is 1.15 bits per heavy atom. The lowest BCUT2D eigenvalue weighted by Gasteiger charge is -2.20. The van der Waals surface area contributed by atoms with E-state index in [2.05, 4.69) is 10.1 Å². The standard InChI is InChI=1S/C26H25ClF4N4O6/c1-4-34-20(13-36)33-35(25(34)37)16-11-15-7-8-32-24(21(15)19(12-16)40-14(2)26(29,30)31)41-23-17(28)5-6-18(22(23)27)39-10-9-38-3/h5-8,11-12,14,36H,4,9-10,13H2,1-3H3/t14-/m0/s1. The molecule has 41 heavy (non-hydrogen) atoms. The van der Waals surface area contributed by atoms with Gasteiger partial charge in [0.1, 0.15) is 29.7 Å². The summed E-state index contributed by atoms with van der Waals surface area (Å²) in [5, 5.41) is 13.6. The Labute approximate surface area is 235 Å². The van der Waals surface area contributed by atoms with Crippen molar-refractivity contribution < 1.29 is 41.6 Å². The molecule has 0 aliphatic carbocycles. The van der Waals surface area contributed by atoms with E-state index in [1.165, 1.54) is 36.1 Å². The monoisotopic (exact) mass is 600 g/mol. The summed E-state index contributed by atoms with van der Waals surface area (Å²) in [4.78, 5) is 17.0. The maximum absolute atomic E-state index is 14.8. The molecule has 2 heterocycles. The van der Waals surface area contributed by atoms with Crippen LogP contribution in [0, 0.1) is 5.82 Å². The summed E-state index contributed by atoms with van der Waals surface area (Å²) >= 11 is 6.34. The average Bonchev–Trinajstić information content (AvgIpc) is 3.26. The number of aliphatic hydroxyl groups is 1. The van der Waals surface area contributed by atoms with Crippen molar-refractivity contribution in [2.24, 2.45) is 0 Å². The molecular weight excluding hydrogens is 576 g/mol. The molecule has 4 aromatic rings. The summed E-state index contributed by atoms with van der Waals surface area (Å²) in [7, 11) is 1.47. The predicted molar refractivity (Wildman–Crippen MR) is 140 cm³/mol. The summed E-state index contributed by atoms with van der Waals surface area (Å²) in [5.41, 5.74) is -0.584. The lowest BCUT2D eigenvalue weighted by atomic mass is 10.1. The number of aromatic nitrogens is 4. The number of hydrogen-bond donors (Lipinski definition) is 1. The second-order valence-corrected chi connectivity index (χ2v) is 8.98. The molecule has 0 spiro atoms. The van der Waals surface area contributed by atoms with Crippen molar-refractivity contribution >= 4 is 22.4 Å². The molecule has 2 aromatic carbocycles. The van der Waals surface area contributed by atoms with Crippen molar-refractivity contribution in [2.45, 2.75) is 39.3 Å². The van der Waals surface area contributed by atoms with Gasteiger partial charge in [-0.25, -0.2) is 14.2 Å². The van der Waals surface area contributed by atoms with Gasteiger partial charge >= 0.3 is 11.9 Å². The van der Waals surface area contributed by atoms with Gasteiger partial charge in [0.05, 0.1) is 17.7 Å². The van der Waals surface area contributed by atoms with E-state index < -0.39 is 36.1 Å². The zero-order valence-corrected chi connectivity index (χ0v) is 22.8. The van der Waals surface area contributed by atoms with E-state index >= 15 is 0 Å². The smallest absolute Gasteiger partial charge is 0.425 e. The Bertz CT molecular complexity index is 1610. The van der Waals surface area contributed by atoms with E-state index in [9.17, 15) is 27.5 Å². The molecule has 0 saturated heterocycles. The minimum atomic E-state index is -4.75. The fourth-order valence-electron chi connectivity index (χ4n) is 3.87. The van der Waals surface area contributed by atoms with Gasteiger partial charge < -0.3 is 24.1 Å². The van der Waals surface area contributed by atoms with Crippen LogP contribution in [0.5, 0.6) is 23.1 Å². The van der Waals surface area contributed by atoms with Crippen LogP contribution in [-0.4, -0.2) is 57.0 Å². The summed E-state index contributed by atoms with van der Waals surface area (Å²) in [6.45, 7) is 2.46. The van der Waals surface area contributed by atoms with Crippen molar-refractivity contribution in [1.29, 1.82) is 0 Å². The molecule has 1 N–H and O–H groups in total. The van der Waals surface area contributed by atoms with Crippen LogP contribution in [0.15, 0.2) is 41.3 Å². The molecule has 0 aliphatic rings. The minimum Gasteiger partial charge on any atom is -0.489 e. The molecule has 10 nitrogen and oxygen atoms in total. The number of benzene rings is 2. The Hall–Kier alpha value is -3.88. The number of halogens is 5. The number of fused-ring (bicyclic) bond motifs is 1. The molecule has 0 amide bonds. The average molecular weight is 601 g/mol. The summed E-state index contributed by atoms with van der Waals surface area (Å²) in [6, 6.07) is 6.36. The highest BCUT2D eigenvalue weighted by Gasteiger charge is 2.38. The summed E-state index contributed by atoms with van der Waals surface area (Å²) < 4.78 is 79.0. The SMILES string of the molecule is CCn1c(CO)nn(-c2cc(O[C@@H](C)C(F)(F)F)c3c(Oc4c(F)ccc(OCCOC)c4Cl)nccc3c2)c1=O. The number of nitrogens with zero attached hydrogens (tertiary/aromatic N) is 4. The third-order valence-electron chi connectivity index (χ3n) is 5.94. The third kappa shape index (κ3) is 6.24. The molecule has 15 heteroatoms. The van der Waals surface area contributed by atoms with E-state index in [1.54, 1.807) is 6.92 Å². The quantitative estimate of drug-likeness (QED) is 0.189. The van der Waals surface area contributed by atoms with Gasteiger partial charge in [0.2, 0.25) is 5.88 Å². The summed E-state index contributed by atoms with van der Waals surface area (Å²) in [5.74, 6) is -1.93. The van der Waals surface area contributed by atoms with Crippen LogP contribution in [0.1, 0.15) is 19.7 Å². The number of pyridine rings is 1. The highest BCUT2D eigenvalue weighted by molar-refractivity contribution is 6.33. The molecule has 0 bridgehead atoms. The molecule has 0 fully saturated rings. The first-order valence-corrected chi connectivity index (χ1v) is 12.6. The number of methoxy groups -OCH3 is 1. The highest BCUT2D eigenvalue weighted by atomic mass is 35.5. The van der Waals surface area contributed by atoms with Crippen LogP contribution >= 0.6 is 11.6 Å². The number of alkyl halides is 3. The predicted octanol–water partition coefficient (Wildman–Crippen LogP) is 5.03. The van der Waals surface area contributed by atoms with Gasteiger partial charge in [-0.1, -0.05) is 11.6 Å². The van der Waals surface area contributed by atoms with Gasteiger partial charge in [0.15, 0.2) is 23.5 Å². The highest BCUT2D eigenvalue weighted by Crippen LogP contribution is 2.43. The first kappa shape index (κ1) is 30.1. The van der Waals surface area contributed by atoms with E-state index in [0.29, 0.717) is 0 Å². The van der Waals surface area contributed by atoms with Gasteiger partial charge in [-0.2, -0.15) is 17.9 Å². The van der Waals surface area contributed by atoms with Crippen molar-refractivity contribution in [1.82, 2.24) is 19.3 Å².